The molecule has 8 nitrogen and oxygen atoms in total. The van der Waals surface area contributed by atoms with Crippen molar-refractivity contribution in [3.63, 3.8) is 0 Å². The standard InChI is InChI=1S/C15H16N2O6/c18-14(9-1-3-12(4-2-9)17(21)22)23-13-5-10-7-16(15(19)20)8-11(10)6-13/h1-4,10-11,13H,5-8H2,(H,19,20)/t10-,11+,13-. The molecule has 3 rings (SSSR count). The van der Waals surface area contributed by atoms with Crippen LogP contribution < -0.4 is 0 Å². The number of benzene rings is 1. The molecule has 0 aromatic heterocycles. The number of rotatable bonds is 3. The number of carbonyl (C=O) groups is 2. The van der Waals surface area contributed by atoms with Crippen molar-refractivity contribution in [3.05, 3.63) is 39.9 Å². The van der Waals surface area contributed by atoms with E-state index in [0.717, 1.165) is 0 Å². The van der Waals surface area contributed by atoms with Crippen LogP contribution in [0, 0.1) is 22.0 Å². The molecule has 1 amide bonds. The van der Waals surface area contributed by atoms with Crippen molar-refractivity contribution in [2.45, 2.75) is 18.9 Å². The van der Waals surface area contributed by atoms with Crippen molar-refractivity contribution in [3.8, 4) is 0 Å². The first-order valence-electron chi connectivity index (χ1n) is 7.37. The number of nitrogens with zero attached hydrogens (tertiary/aromatic N) is 2. The van der Waals surface area contributed by atoms with Crippen molar-refractivity contribution >= 4 is 17.7 Å². The van der Waals surface area contributed by atoms with E-state index >= 15 is 0 Å². The maximum atomic E-state index is 12.1. The molecule has 122 valence electrons. The lowest BCUT2D eigenvalue weighted by atomic mass is 10.0. The molecule has 1 aliphatic carbocycles. The molecule has 2 fully saturated rings. The summed E-state index contributed by atoms with van der Waals surface area (Å²) >= 11 is 0. The van der Waals surface area contributed by atoms with Crippen LogP contribution in [0.5, 0.6) is 0 Å². The van der Waals surface area contributed by atoms with E-state index < -0.39 is 17.0 Å². The van der Waals surface area contributed by atoms with Gasteiger partial charge in [-0.05, 0) is 36.8 Å². The van der Waals surface area contributed by atoms with E-state index in [1.807, 2.05) is 0 Å². The van der Waals surface area contributed by atoms with Gasteiger partial charge in [-0.25, -0.2) is 9.59 Å². The lowest BCUT2D eigenvalue weighted by molar-refractivity contribution is -0.384. The number of hydrogen-bond donors (Lipinski definition) is 1. The number of non-ortho nitro benzene ring substituents is 1. The maximum Gasteiger partial charge on any atom is 0.407 e. The van der Waals surface area contributed by atoms with Crippen molar-refractivity contribution in [2.24, 2.45) is 11.8 Å². The molecule has 1 N–H and O–H groups in total. The Morgan fingerprint density at radius 2 is 1.74 bits per heavy atom. The molecule has 1 aromatic rings. The number of nitro benzene ring substituents is 1. The van der Waals surface area contributed by atoms with Gasteiger partial charge in [-0.3, -0.25) is 10.1 Å². The minimum absolute atomic E-state index is 0.0780. The molecular formula is C15H16N2O6. The molecule has 1 aromatic carbocycles. The van der Waals surface area contributed by atoms with Crippen molar-refractivity contribution in [1.29, 1.82) is 0 Å². The van der Waals surface area contributed by atoms with Gasteiger partial charge in [0.1, 0.15) is 6.10 Å². The van der Waals surface area contributed by atoms with Crippen molar-refractivity contribution in [1.82, 2.24) is 4.90 Å². The first kappa shape index (κ1) is 15.3. The molecule has 0 radical (unpaired) electrons. The fraction of sp³-hybridized carbons (Fsp3) is 0.467. The second-order valence-corrected chi connectivity index (χ2v) is 6.01. The predicted molar refractivity (Wildman–Crippen MR) is 78.1 cm³/mol. The number of likely N-dealkylation sites (tertiary alicyclic amines) is 1. The molecule has 1 heterocycles. The second-order valence-electron chi connectivity index (χ2n) is 6.01. The van der Waals surface area contributed by atoms with Crippen LogP contribution in [0.15, 0.2) is 24.3 Å². The van der Waals surface area contributed by atoms with Gasteiger partial charge < -0.3 is 14.7 Å². The van der Waals surface area contributed by atoms with E-state index in [4.69, 9.17) is 9.84 Å². The van der Waals surface area contributed by atoms with Gasteiger partial charge in [-0.15, -0.1) is 0 Å². The van der Waals surface area contributed by atoms with Gasteiger partial charge in [0, 0.05) is 25.2 Å². The average molecular weight is 320 g/mol. The summed E-state index contributed by atoms with van der Waals surface area (Å²) in [5.74, 6) is -0.0264. The molecule has 3 atom stereocenters. The molecule has 1 saturated heterocycles. The lowest BCUT2D eigenvalue weighted by Crippen LogP contribution is -2.29. The first-order valence-corrected chi connectivity index (χ1v) is 7.37. The van der Waals surface area contributed by atoms with E-state index in [9.17, 15) is 19.7 Å². The summed E-state index contributed by atoms with van der Waals surface area (Å²) in [5.41, 5.74) is 0.200. The van der Waals surface area contributed by atoms with Gasteiger partial charge in [-0.1, -0.05) is 0 Å². The third-order valence-electron chi connectivity index (χ3n) is 4.57. The number of amides is 1. The first-order chi connectivity index (χ1) is 10.9. The number of carboxylic acid groups (broad SMARTS) is 1. The minimum atomic E-state index is -0.904. The van der Waals surface area contributed by atoms with Crippen LogP contribution in [0.1, 0.15) is 23.2 Å². The minimum Gasteiger partial charge on any atom is -0.465 e. The van der Waals surface area contributed by atoms with E-state index in [1.165, 1.54) is 29.2 Å². The maximum absolute atomic E-state index is 12.1. The third-order valence-corrected chi connectivity index (χ3v) is 4.57. The normalized spacial score (nSPS) is 25.9. The van der Waals surface area contributed by atoms with Gasteiger partial charge in [0.2, 0.25) is 0 Å². The van der Waals surface area contributed by atoms with E-state index in [-0.39, 0.29) is 29.2 Å². The number of hydrogen-bond acceptors (Lipinski definition) is 5. The number of nitro groups is 1. The highest BCUT2D eigenvalue weighted by molar-refractivity contribution is 5.89. The fourth-order valence-electron chi connectivity index (χ4n) is 3.44. The molecular weight excluding hydrogens is 304 g/mol. The van der Waals surface area contributed by atoms with E-state index in [2.05, 4.69) is 0 Å². The third kappa shape index (κ3) is 3.10. The summed E-state index contributed by atoms with van der Waals surface area (Å²) in [6, 6.07) is 5.29. The van der Waals surface area contributed by atoms with Gasteiger partial charge in [0.25, 0.3) is 5.69 Å². The summed E-state index contributed by atoms with van der Waals surface area (Å²) in [6.45, 7) is 0.983. The molecule has 1 aliphatic heterocycles. The quantitative estimate of drug-likeness (QED) is 0.519. The molecule has 23 heavy (non-hydrogen) atoms. The zero-order chi connectivity index (χ0) is 16.6. The summed E-state index contributed by atoms with van der Waals surface area (Å²) in [4.78, 5) is 34.5. The van der Waals surface area contributed by atoms with Crippen LogP contribution in [0.25, 0.3) is 0 Å². The summed E-state index contributed by atoms with van der Waals surface area (Å²) in [5, 5.41) is 19.6. The topological polar surface area (TPSA) is 110 Å². The predicted octanol–water partition coefficient (Wildman–Crippen LogP) is 2.14. The number of esters is 1. The van der Waals surface area contributed by atoms with Gasteiger partial charge in [0.05, 0.1) is 10.5 Å². The highest BCUT2D eigenvalue weighted by Gasteiger charge is 2.43. The Hall–Kier alpha value is -2.64. The largest absolute Gasteiger partial charge is 0.465 e. The number of ether oxygens (including phenoxy) is 1. The fourth-order valence-corrected chi connectivity index (χ4v) is 3.44. The van der Waals surface area contributed by atoms with Crippen LogP contribution in [0.2, 0.25) is 0 Å². The Balaban J connectivity index is 1.56. The molecule has 0 unspecified atom stereocenters. The second kappa shape index (κ2) is 5.86. The Labute approximate surface area is 131 Å². The van der Waals surface area contributed by atoms with Crippen molar-refractivity contribution in [2.75, 3.05) is 13.1 Å². The zero-order valence-electron chi connectivity index (χ0n) is 12.3. The van der Waals surface area contributed by atoms with Gasteiger partial charge in [-0.2, -0.15) is 0 Å². The molecule has 1 saturated carbocycles. The summed E-state index contributed by atoms with van der Waals surface area (Å²) < 4.78 is 5.46. The van der Waals surface area contributed by atoms with Gasteiger partial charge in [0.15, 0.2) is 0 Å². The molecule has 0 bridgehead atoms. The SMILES string of the molecule is O=C(O[C@@H]1C[C@@H]2CN(C(=O)O)C[C@@H]2C1)c1ccc([N+](=O)[O-])cc1. The summed E-state index contributed by atoms with van der Waals surface area (Å²) in [7, 11) is 0. The van der Waals surface area contributed by atoms with Crippen molar-refractivity contribution < 1.29 is 24.4 Å². The average Bonchev–Trinajstić information content (AvgIpc) is 3.05. The smallest absolute Gasteiger partial charge is 0.407 e. The van der Waals surface area contributed by atoms with Crippen LogP contribution in [0.3, 0.4) is 0 Å². The molecule has 0 spiro atoms. The summed E-state index contributed by atoms with van der Waals surface area (Å²) in [6.07, 6.45) is 0.197. The van der Waals surface area contributed by atoms with Crippen LogP contribution in [-0.4, -0.2) is 46.2 Å². The van der Waals surface area contributed by atoms with Crippen LogP contribution in [0.4, 0.5) is 10.5 Å². The van der Waals surface area contributed by atoms with E-state index in [1.54, 1.807) is 0 Å². The number of carbonyl (C=O) groups excluding carboxylic acids is 1. The highest BCUT2D eigenvalue weighted by atomic mass is 16.6. The van der Waals surface area contributed by atoms with Crippen LogP contribution >= 0.6 is 0 Å². The highest BCUT2D eigenvalue weighted by Crippen LogP contribution is 2.39. The van der Waals surface area contributed by atoms with E-state index in [0.29, 0.717) is 25.9 Å². The monoisotopic (exact) mass is 320 g/mol. The molecule has 2 aliphatic rings. The Morgan fingerprint density at radius 3 is 2.22 bits per heavy atom. The Morgan fingerprint density at radius 1 is 1.17 bits per heavy atom. The van der Waals surface area contributed by atoms with Crippen LogP contribution in [-0.2, 0) is 4.74 Å². The number of fused-ring (bicyclic) bond motifs is 1. The van der Waals surface area contributed by atoms with Gasteiger partial charge >= 0.3 is 12.1 Å². The lowest BCUT2D eigenvalue weighted by Gasteiger charge is -2.16. The Bertz CT molecular complexity index is 630. The molecule has 8 heteroatoms. The zero-order valence-corrected chi connectivity index (χ0v) is 12.3. The Kier molecular flexibility index (Phi) is 3.89.